The number of rotatable bonds is 7. The van der Waals surface area contributed by atoms with Crippen molar-refractivity contribution in [1.29, 1.82) is 0 Å². The monoisotopic (exact) mass is 459 g/mol. The van der Waals surface area contributed by atoms with Crippen molar-refractivity contribution in [2.75, 3.05) is 26.7 Å². The minimum absolute atomic E-state index is 0.0859. The first-order chi connectivity index (χ1) is 15.3. The Hall–Kier alpha value is -2.26. The van der Waals surface area contributed by atoms with Crippen molar-refractivity contribution in [3.8, 4) is 5.75 Å². The van der Waals surface area contributed by atoms with Gasteiger partial charge in [-0.25, -0.2) is 8.42 Å². The van der Waals surface area contributed by atoms with E-state index in [-0.39, 0.29) is 30.1 Å². The van der Waals surface area contributed by atoms with Crippen LogP contribution in [-0.2, 0) is 16.6 Å². The summed E-state index contributed by atoms with van der Waals surface area (Å²) >= 11 is 0. The molecule has 174 valence electrons. The molecule has 1 aromatic heterocycles. The van der Waals surface area contributed by atoms with Crippen molar-refractivity contribution in [2.24, 2.45) is 5.92 Å². The minimum atomic E-state index is -3.82. The fourth-order valence-corrected chi connectivity index (χ4v) is 5.75. The third-order valence-corrected chi connectivity index (χ3v) is 7.76. The van der Waals surface area contributed by atoms with Crippen molar-refractivity contribution < 1.29 is 18.3 Å². The predicted octanol–water partition coefficient (Wildman–Crippen LogP) is 3.02. The van der Waals surface area contributed by atoms with E-state index in [2.05, 4.69) is 9.88 Å². The van der Waals surface area contributed by atoms with E-state index in [1.165, 1.54) is 4.31 Å². The first kappa shape index (κ1) is 24.4. The van der Waals surface area contributed by atoms with Gasteiger partial charge in [-0.1, -0.05) is 25.1 Å². The standard InChI is InChI=1S/C24H33N3O4S/c1-5-6-20-7-8-24-22(13-20)31-23(16-26(4)15-21-9-11-25-12-10-21)18(2)14-27(19(3)17-28)32(24,29)30/h5-13,18-19,23,28H,14-17H2,1-4H3/b6-5+/t18-,19-,23-/m0/s1. The number of nitrogens with zero attached hydrogens (tertiary/aromatic N) is 3. The topological polar surface area (TPSA) is 83.0 Å². The van der Waals surface area contributed by atoms with E-state index < -0.39 is 16.1 Å². The Bertz CT molecular complexity index is 1030. The maximum Gasteiger partial charge on any atom is 0.247 e. The number of fused-ring (bicyclic) bond motifs is 1. The third-order valence-electron chi connectivity index (χ3n) is 5.74. The molecule has 3 atom stereocenters. The third kappa shape index (κ3) is 5.56. The highest BCUT2D eigenvalue weighted by Gasteiger charge is 2.38. The molecule has 0 aliphatic carbocycles. The fourth-order valence-electron chi connectivity index (χ4n) is 3.93. The van der Waals surface area contributed by atoms with Gasteiger partial charge in [-0.15, -0.1) is 0 Å². The molecule has 1 aromatic carbocycles. The largest absolute Gasteiger partial charge is 0.487 e. The van der Waals surface area contributed by atoms with Gasteiger partial charge in [-0.3, -0.25) is 9.88 Å². The molecular weight excluding hydrogens is 426 g/mol. The predicted molar refractivity (Wildman–Crippen MR) is 126 cm³/mol. The van der Waals surface area contributed by atoms with E-state index in [0.29, 0.717) is 12.3 Å². The molecule has 0 bridgehead atoms. The molecule has 1 aliphatic rings. The summed E-state index contributed by atoms with van der Waals surface area (Å²) in [6, 6.07) is 8.59. The second kappa shape index (κ2) is 10.6. The molecule has 0 spiro atoms. The van der Waals surface area contributed by atoms with Crippen LogP contribution in [0, 0.1) is 5.92 Å². The first-order valence-corrected chi connectivity index (χ1v) is 12.3. The van der Waals surface area contributed by atoms with Crippen LogP contribution in [0.4, 0.5) is 0 Å². The van der Waals surface area contributed by atoms with Gasteiger partial charge in [0, 0.05) is 44.0 Å². The number of likely N-dealkylation sites (N-methyl/N-ethyl adjacent to an activating group) is 1. The molecule has 0 fully saturated rings. The van der Waals surface area contributed by atoms with Gasteiger partial charge >= 0.3 is 0 Å². The number of aliphatic hydroxyl groups is 1. The fraction of sp³-hybridized carbons (Fsp3) is 0.458. The van der Waals surface area contributed by atoms with Gasteiger partial charge in [0.1, 0.15) is 16.7 Å². The van der Waals surface area contributed by atoms with Crippen molar-refractivity contribution >= 4 is 16.1 Å². The van der Waals surface area contributed by atoms with Crippen LogP contribution >= 0.6 is 0 Å². The first-order valence-electron chi connectivity index (χ1n) is 10.9. The number of aliphatic hydroxyl groups excluding tert-OH is 1. The highest BCUT2D eigenvalue weighted by Crippen LogP contribution is 2.34. The van der Waals surface area contributed by atoms with Crippen LogP contribution in [-0.4, -0.2) is 66.6 Å². The van der Waals surface area contributed by atoms with Gasteiger partial charge in [-0.2, -0.15) is 4.31 Å². The van der Waals surface area contributed by atoms with Crippen molar-refractivity contribution in [3.63, 3.8) is 0 Å². The maximum absolute atomic E-state index is 13.5. The molecule has 2 aromatic rings. The van der Waals surface area contributed by atoms with Crippen LogP contribution < -0.4 is 4.74 Å². The molecule has 7 nitrogen and oxygen atoms in total. The van der Waals surface area contributed by atoms with E-state index in [1.807, 2.05) is 45.2 Å². The van der Waals surface area contributed by atoms with E-state index in [4.69, 9.17) is 4.74 Å². The van der Waals surface area contributed by atoms with E-state index in [9.17, 15) is 13.5 Å². The lowest BCUT2D eigenvalue weighted by Crippen LogP contribution is -2.49. The number of hydrogen-bond acceptors (Lipinski definition) is 6. The zero-order chi connectivity index (χ0) is 23.3. The van der Waals surface area contributed by atoms with Gasteiger partial charge in [0.15, 0.2) is 0 Å². The number of allylic oxidation sites excluding steroid dienone is 1. The molecule has 8 heteroatoms. The second-order valence-corrected chi connectivity index (χ2v) is 10.4. The van der Waals surface area contributed by atoms with Gasteiger partial charge < -0.3 is 9.84 Å². The smallest absolute Gasteiger partial charge is 0.247 e. The van der Waals surface area contributed by atoms with Gasteiger partial charge in [0.2, 0.25) is 10.0 Å². The van der Waals surface area contributed by atoms with Crippen LogP contribution in [0.25, 0.3) is 6.08 Å². The highest BCUT2D eigenvalue weighted by molar-refractivity contribution is 7.89. The minimum Gasteiger partial charge on any atom is -0.487 e. The molecule has 1 aliphatic heterocycles. The van der Waals surface area contributed by atoms with E-state index >= 15 is 0 Å². The number of aromatic nitrogens is 1. The molecule has 0 radical (unpaired) electrons. The Morgan fingerprint density at radius 3 is 2.69 bits per heavy atom. The molecule has 0 saturated carbocycles. The maximum atomic E-state index is 13.5. The van der Waals surface area contributed by atoms with Crippen molar-refractivity contribution in [1.82, 2.24) is 14.2 Å². The Morgan fingerprint density at radius 1 is 1.31 bits per heavy atom. The van der Waals surface area contributed by atoms with Crippen molar-refractivity contribution in [2.45, 2.75) is 44.4 Å². The normalized spacial score (nSPS) is 22.2. The molecule has 0 saturated heterocycles. The van der Waals surface area contributed by atoms with Crippen molar-refractivity contribution in [3.05, 3.63) is 59.9 Å². The number of hydrogen-bond donors (Lipinski definition) is 1. The number of sulfonamides is 1. The summed E-state index contributed by atoms with van der Waals surface area (Å²) in [7, 11) is -1.79. The molecule has 32 heavy (non-hydrogen) atoms. The molecule has 0 amide bonds. The number of benzene rings is 1. The zero-order valence-corrected chi connectivity index (χ0v) is 20.0. The average Bonchev–Trinajstić information content (AvgIpc) is 2.76. The van der Waals surface area contributed by atoms with Crippen LogP contribution in [0.1, 0.15) is 31.9 Å². The second-order valence-electron chi connectivity index (χ2n) is 8.50. The summed E-state index contributed by atoms with van der Waals surface area (Å²) in [5.74, 6) is 0.266. The Morgan fingerprint density at radius 2 is 2.03 bits per heavy atom. The molecule has 2 heterocycles. The Kier molecular flexibility index (Phi) is 8.05. The average molecular weight is 460 g/mol. The van der Waals surface area contributed by atoms with Crippen LogP contribution in [0.2, 0.25) is 0 Å². The summed E-state index contributed by atoms with van der Waals surface area (Å²) in [6.45, 7) is 7.02. The summed E-state index contributed by atoms with van der Waals surface area (Å²) in [6.07, 6.45) is 7.14. The molecule has 3 rings (SSSR count). The lowest BCUT2D eigenvalue weighted by molar-refractivity contribution is 0.0733. The number of ether oxygens (including phenoxy) is 1. The lowest BCUT2D eigenvalue weighted by atomic mass is 10.0. The van der Waals surface area contributed by atoms with E-state index in [0.717, 1.165) is 17.7 Å². The molecule has 0 unspecified atom stereocenters. The SMILES string of the molecule is C/C=C/c1ccc2c(c1)O[C@@H](CN(C)Cc1ccncc1)[C@@H](C)CN([C@@H](C)CO)S2(=O)=O. The highest BCUT2D eigenvalue weighted by atomic mass is 32.2. The summed E-state index contributed by atoms with van der Waals surface area (Å²) in [5, 5.41) is 9.75. The molecule has 1 N–H and O–H groups in total. The summed E-state index contributed by atoms with van der Waals surface area (Å²) < 4.78 is 34.7. The summed E-state index contributed by atoms with van der Waals surface area (Å²) in [5.41, 5.74) is 2.02. The van der Waals surface area contributed by atoms with E-state index in [1.54, 1.807) is 37.5 Å². The Labute approximate surface area is 191 Å². The molecular formula is C24H33N3O4S. The summed E-state index contributed by atoms with van der Waals surface area (Å²) in [4.78, 5) is 6.37. The number of pyridine rings is 1. The van der Waals surface area contributed by atoms with Gasteiger partial charge in [0.05, 0.1) is 6.61 Å². The van der Waals surface area contributed by atoms with Gasteiger partial charge in [-0.05, 0) is 56.3 Å². The van der Waals surface area contributed by atoms with Crippen LogP contribution in [0.3, 0.4) is 0 Å². The quantitative estimate of drug-likeness (QED) is 0.685. The van der Waals surface area contributed by atoms with Gasteiger partial charge in [0.25, 0.3) is 0 Å². The zero-order valence-electron chi connectivity index (χ0n) is 19.2. The van der Waals surface area contributed by atoms with Crippen LogP contribution in [0.5, 0.6) is 5.75 Å². The lowest BCUT2D eigenvalue weighted by Gasteiger charge is -2.37. The van der Waals surface area contributed by atoms with Crippen LogP contribution in [0.15, 0.2) is 53.7 Å². The Balaban J connectivity index is 1.97.